The molecular weight excluding hydrogens is 283 g/mol. The second kappa shape index (κ2) is 6.47. The third-order valence-electron chi connectivity index (χ3n) is 3.74. The molecule has 0 spiro atoms. The zero-order valence-electron chi connectivity index (χ0n) is 11.7. The van der Waals surface area contributed by atoms with Gasteiger partial charge in [-0.05, 0) is 43.5 Å². The Hall–Kier alpha value is -1.56. The number of hydrogen-bond acceptors (Lipinski definition) is 3. The summed E-state index contributed by atoms with van der Waals surface area (Å²) < 4.78 is 42.8. The van der Waals surface area contributed by atoms with Gasteiger partial charge in [-0.15, -0.1) is 0 Å². The third-order valence-corrected chi connectivity index (χ3v) is 3.74. The topological polar surface area (TPSA) is 38.3 Å². The summed E-state index contributed by atoms with van der Waals surface area (Å²) in [5.41, 5.74) is 0.0791. The molecule has 0 unspecified atom stereocenters. The number of alkyl halides is 3. The molecule has 1 aromatic carbocycles. The van der Waals surface area contributed by atoms with Gasteiger partial charge in [0.25, 0.3) is 0 Å². The Kier molecular flexibility index (Phi) is 4.88. The van der Waals surface area contributed by atoms with Gasteiger partial charge in [0.1, 0.15) is 0 Å². The average Bonchev–Trinajstić information content (AvgIpc) is 2.47. The summed E-state index contributed by atoms with van der Waals surface area (Å²) in [6.07, 6.45) is -3.64. The lowest BCUT2D eigenvalue weighted by atomic mass is 9.81. The summed E-state index contributed by atoms with van der Waals surface area (Å²) in [5.74, 6) is -0.752. The molecule has 0 amide bonds. The first-order valence-electron chi connectivity index (χ1n) is 6.98. The lowest BCUT2D eigenvalue weighted by molar-refractivity contribution is -0.149. The van der Waals surface area contributed by atoms with Crippen LogP contribution in [0, 0.1) is 5.92 Å². The van der Waals surface area contributed by atoms with Crippen molar-refractivity contribution in [1.29, 1.82) is 0 Å². The molecule has 21 heavy (non-hydrogen) atoms. The van der Waals surface area contributed by atoms with Gasteiger partial charge in [-0.25, -0.2) is 0 Å². The van der Waals surface area contributed by atoms with Gasteiger partial charge in [-0.3, -0.25) is 4.79 Å². The number of nitrogens with one attached hydrogen (secondary N) is 1. The minimum absolute atomic E-state index is 0.104. The van der Waals surface area contributed by atoms with E-state index in [2.05, 4.69) is 5.32 Å². The van der Waals surface area contributed by atoms with E-state index in [9.17, 15) is 18.0 Å². The van der Waals surface area contributed by atoms with Gasteiger partial charge < -0.3 is 10.1 Å². The second-order valence-corrected chi connectivity index (χ2v) is 5.08. The number of rotatable bonds is 3. The van der Waals surface area contributed by atoms with Crippen molar-refractivity contribution in [3.05, 3.63) is 35.4 Å². The highest BCUT2D eigenvalue weighted by Crippen LogP contribution is 2.34. The largest absolute Gasteiger partial charge is 0.466 e. The van der Waals surface area contributed by atoms with E-state index in [4.69, 9.17) is 4.74 Å². The minimum Gasteiger partial charge on any atom is -0.466 e. The Morgan fingerprint density at radius 1 is 1.33 bits per heavy atom. The SMILES string of the molecule is CCOC(=O)[C@H]1CNCC[C@H]1c1ccc(C(F)(F)F)cc1. The zero-order chi connectivity index (χ0) is 15.5. The maximum Gasteiger partial charge on any atom is 0.416 e. The number of ether oxygens (including phenoxy) is 1. The Morgan fingerprint density at radius 2 is 2.00 bits per heavy atom. The van der Waals surface area contributed by atoms with Gasteiger partial charge in [0.05, 0.1) is 18.1 Å². The fourth-order valence-corrected chi connectivity index (χ4v) is 2.67. The van der Waals surface area contributed by atoms with Crippen molar-refractivity contribution in [2.45, 2.75) is 25.4 Å². The molecule has 116 valence electrons. The highest BCUT2D eigenvalue weighted by atomic mass is 19.4. The molecule has 0 radical (unpaired) electrons. The van der Waals surface area contributed by atoms with Crippen LogP contribution in [0.15, 0.2) is 24.3 Å². The van der Waals surface area contributed by atoms with Crippen LogP contribution >= 0.6 is 0 Å². The molecule has 0 aliphatic carbocycles. The van der Waals surface area contributed by atoms with Crippen LogP contribution in [0.1, 0.15) is 30.4 Å². The molecular formula is C15H18F3NO2. The van der Waals surface area contributed by atoms with E-state index in [1.54, 1.807) is 6.92 Å². The van der Waals surface area contributed by atoms with Crippen molar-refractivity contribution >= 4 is 5.97 Å². The molecule has 1 heterocycles. The van der Waals surface area contributed by atoms with Gasteiger partial charge in [0, 0.05) is 6.54 Å². The van der Waals surface area contributed by atoms with Gasteiger partial charge >= 0.3 is 12.1 Å². The van der Waals surface area contributed by atoms with Crippen molar-refractivity contribution in [2.24, 2.45) is 5.92 Å². The Balaban J connectivity index is 2.19. The van der Waals surface area contributed by atoms with Crippen LogP contribution in [0.2, 0.25) is 0 Å². The summed E-state index contributed by atoms with van der Waals surface area (Å²) in [5, 5.41) is 3.13. The van der Waals surface area contributed by atoms with E-state index in [0.717, 1.165) is 24.2 Å². The van der Waals surface area contributed by atoms with Gasteiger partial charge in [-0.1, -0.05) is 12.1 Å². The molecule has 6 heteroatoms. The minimum atomic E-state index is -4.34. The van der Waals surface area contributed by atoms with Crippen molar-refractivity contribution in [1.82, 2.24) is 5.32 Å². The van der Waals surface area contributed by atoms with E-state index in [1.165, 1.54) is 12.1 Å². The molecule has 1 N–H and O–H groups in total. The van der Waals surface area contributed by atoms with E-state index >= 15 is 0 Å². The molecule has 2 rings (SSSR count). The molecule has 1 aliphatic rings. The first-order chi connectivity index (χ1) is 9.93. The number of esters is 1. The van der Waals surface area contributed by atoms with Crippen LogP contribution in [0.25, 0.3) is 0 Å². The fourth-order valence-electron chi connectivity index (χ4n) is 2.67. The molecule has 0 aromatic heterocycles. The lowest BCUT2D eigenvalue weighted by Gasteiger charge is -2.31. The highest BCUT2D eigenvalue weighted by molar-refractivity contribution is 5.74. The van der Waals surface area contributed by atoms with Gasteiger partial charge in [0.15, 0.2) is 0 Å². The Labute approximate surface area is 121 Å². The van der Waals surface area contributed by atoms with Gasteiger partial charge in [0.2, 0.25) is 0 Å². The highest BCUT2D eigenvalue weighted by Gasteiger charge is 2.34. The van der Waals surface area contributed by atoms with Crippen molar-refractivity contribution < 1.29 is 22.7 Å². The second-order valence-electron chi connectivity index (χ2n) is 5.08. The number of carbonyl (C=O) groups is 1. The summed E-state index contributed by atoms with van der Waals surface area (Å²) in [6.45, 7) is 3.27. The summed E-state index contributed by atoms with van der Waals surface area (Å²) in [6, 6.07) is 5.06. The van der Waals surface area contributed by atoms with Crippen LogP contribution in [0.4, 0.5) is 13.2 Å². The number of hydrogen-bond donors (Lipinski definition) is 1. The third kappa shape index (κ3) is 3.75. The van der Waals surface area contributed by atoms with Crippen molar-refractivity contribution in [2.75, 3.05) is 19.7 Å². The molecule has 0 bridgehead atoms. The molecule has 3 nitrogen and oxygen atoms in total. The standard InChI is InChI=1S/C15H18F3NO2/c1-2-21-14(20)13-9-19-8-7-12(13)10-3-5-11(6-4-10)15(16,17)18/h3-6,12-13,19H,2,7-9H2,1H3/t12-,13-/m0/s1. The normalized spacial score (nSPS) is 22.9. The molecule has 1 fully saturated rings. The Bertz CT molecular complexity index is 485. The van der Waals surface area contributed by atoms with E-state index in [0.29, 0.717) is 19.6 Å². The van der Waals surface area contributed by atoms with Crippen LogP contribution < -0.4 is 5.32 Å². The van der Waals surface area contributed by atoms with Crippen molar-refractivity contribution in [3.63, 3.8) is 0 Å². The van der Waals surface area contributed by atoms with Crippen LogP contribution in [0.5, 0.6) is 0 Å². The van der Waals surface area contributed by atoms with E-state index in [-0.39, 0.29) is 17.8 Å². The summed E-state index contributed by atoms with van der Waals surface area (Å²) in [4.78, 5) is 12.0. The maximum absolute atomic E-state index is 12.6. The predicted octanol–water partition coefficient (Wildman–Crippen LogP) is 2.96. The first-order valence-corrected chi connectivity index (χ1v) is 6.98. The monoisotopic (exact) mass is 301 g/mol. The summed E-state index contributed by atoms with van der Waals surface area (Å²) >= 11 is 0. The first kappa shape index (κ1) is 15.8. The quantitative estimate of drug-likeness (QED) is 0.872. The Morgan fingerprint density at radius 3 is 2.57 bits per heavy atom. The molecule has 0 saturated carbocycles. The lowest BCUT2D eigenvalue weighted by Crippen LogP contribution is -2.40. The average molecular weight is 301 g/mol. The fraction of sp³-hybridized carbons (Fsp3) is 0.533. The van der Waals surface area contributed by atoms with Crippen LogP contribution in [0.3, 0.4) is 0 Å². The molecule has 1 aromatic rings. The smallest absolute Gasteiger partial charge is 0.416 e. The van der Waals surface area contributed by atoms with E-state index < -0.39 is 11.7 Å². The van der Waals surface area contributed by atoms with Crippen LogP contribution in [-0.2, 0) is 15.7 Å². The summed E-state index contributed by atoms with van der Waals surface area (Å²) in [7, 11) is 0. The van der Waals surface area contributed by atoms with Crippen LogP contribution in [-0.4, -0.2) is 25.7 Å². The maximum atomic E-state index is 12.6. The number of benzene rings is 1. The molecule has 2 atom stereocenters. The van der Waals surface area contributed by atoms with Gasteiger partial charge in [-0.2, -0.15) is 13.2 Å². The zero-order valence-corrected chi connectivity index (χ0v) is 11.7. The number of carbonyl (C=O) groups excluding carboxylic acids is 1. The molecule has 1 saturated heterocycles. The van der Waals surface area contributed by atoms with Crippen molar-refractivity contribution in [3.8, 4) is 0 Å². The number of halogens is 3. The number of piperidine rings is 1. The molecule has 1 aliphatic heterocycles. The van der Waals surface area contributed by atoms with E-state index in [1.807, 2.05) is 0 Å². The predicted molar refractivity (Wildman–Crippen MR) is 71.8 cm³/mol.